The number of rotatable bonds is 5. The van der Waals surface area contributed by atoms with Crippen LogP contribution in [-0.2, 0) is 9.59 Å². The van der Waals surface area contributed by atoms with Gasteiger partial charge in [0, 0.05) is 6.04 Å². The predicted molar refractivity (Wildman–Crippen MR) is 83.9 cm³/mol. The number of carbonyl (C=O) groups is 2. The van der Waals surface area contributed by atoms with Gasteiger partial charge in [-0.1, -0.05) is 52.4 Å². The van der Waals surface area contributed by atoms with E-state index < -0.39 is 0 Å². The highest BCUT2D eigenvalue weighted by Crippen LogP contribution is 2.28. The van der Waals surface area contributed by atoms with Gasteiger partial charge in [-0.25, -0.2) is 0 Å². The third kappa shape index (κ3) is 3.78. The molecule has 120 valence electrons. The summed E-state index contributed by atoms with van der Waals surface area (Å²) in [6.07, 6.45) is 10.4. The maximum atomic E-state index is 12.9. The van der Waals surface area contributed by atoms with Crippen LogP contribution in [0.3, 0.4) is 0 Å². The number of amides is 2. The summed E-state index contributed by atoms with van der Waals surface area (Å²) in [6.45, 7) is 4.15. The molecule has 0 spiro atoms. The number of nitrogens with one attached hydrogen (secondary N) is 1. The number of hydrogen-bond acceptors (Lipinski definition) is 2. The summed E-state index contributed by atoms with van der Waals surface area (Å²) in [5.74, 6) is 0.237. The molecule has 4 nitrogen and oxygen atoms in total. The second-order valence-corrected chi connectivity index (χ2v) is 6.55. The molecule has 2 aliphatic rings. The zero-order valence-electron chi connectivity index (χ0n) is 13.6. The van der Waals surface area contributed by atoms with Gasteiger partial charge in [0.05, 0.1) is 0 Å². The van der Waals surface area contributed by atoms with Crippen molar-refractivity contribution in [3.8, 4) is 0 Å². The zero-order valence-corrected chi connectivity index (χ0v) is 13.6. The Morgan fingerprint density at radius 3 is 2.19 bits per heavy atom. The van der Waals surface area contributed by atoms with Crippen LogP contribution in [0.5, 0.6) is 0 Å². The minimum atomic E-state index is -0.293. The van der Waals surface area contributed by atoms with Crippen molar-refractivity contribution in [3.05, 3.63) is 0 Å². The largest absolute Gasteiger partial charge is 0.343 e. The second-order valence-electron chi connectivity index (χ2n) is 6.55. The van der Waals surface area contributed by atoms with Crippen LogP contribution in [0, 0.1) is 0 Å². The third-order valence-electron chi connectivity index (χ3n) is 4.87. The van der Waals surface area contributed by atoms with E-state index in [-0.39, 0.29) is 29.9 Å². The molecule has 1 aliphatic heterocycles. The number of hydrogen-bond donors (Lipinski definition) is 1. The molecule has 0 aromatic rings. The lowest BCUT2D eigenvalue weighted by molar-refractivity contribution is -0.153. The topological polar surface area (TPSA) is 49.4 Å². The van der Waals surface area contributed by atoms with Gasteiger partial charge in [-0.2, -0.15) is 0 Å². The smallest absolute Gasteiger partial charge is 0.246 e. The molecule has 4 heteroatoms. The van der Waals surface area contributed by atoms with Crippen LogP contribution in [0.1, 0.15) is 78.1 Å². The Labute approximate surface area is 128 Å². The fourth-order valence-corrected chi connectivity index (χ4v) is 3.79. The monoisotopic (exact) mass is 294 g/mol. The number of piperazine rings is 1. The molecule has 0 aromatic heterocycles. The average molecular weight is 294 g/mol. The lowest BCUT2D eigenvalue weighted by atomic mass is 9.95. The van der Waals surface area contributed by atoms with Crippen molar-refractivity contribution in [1.82, 2.24) is 10.2 Å². The lowest BCUT2D eigenvalue weighted by Gasteiger charge is -2.43. The zero-order chi connectivity index (χ0) is 15.2. The van der Waals surface area contributed by atoms with Gasteiger partial charge in [0.1, 0.15) is 12.1 Å². The maximum absolute atomic E-state index is 12.9. The molecule has 0 aromatic carbocycles. The SMILES string of the molecule is CCCC1NC(=O)C(CCC)N(C2CCCCCC2)C1=O. The molecule has 1 aliphatic carbocycles. The van der Waals surface area contributed by atoms with E-state index in [2.05, 4.69) is 19.2 Å². The van der Waals surface area contributed by atoms with Crippen molar-refractivity contribution < 1.29 is 9.59 Å². The number of carbonyl (C=O) groups excluding carboxylic acids is 2. The number of nitrogens with zero attached hydrogens (tertiary/aromatic N) is 1. The standard InChI is InChI=1S/C17H30N2O2/c1-3-9-14-17(21)19(13-11-7-5-6-8-12-13)15(10-4-2)16(20)18-14/h13-15H,3-12H2,1-2H3,(H,18,20). The molecule has 21 heavy (non-hydrogen) atoms. The minimum Gasteiger partial charge on any atom is -0.343 e. The van der Waals surface area contributed by atoms with Crippen molar-refractivity contribution in [1.29, 1.82) is 0 Å². The highest BCUT2D eigenvalue weighted by molar-refractivity contribution is 5.97. The van der Waals surface area contributed by atoms with E-state index in [0.29, 0.717) is 0 Å². The van der Waals surface area contributed by atoms with Gasteiger partial charge < -0.3 is 10.2 Å². The van der Waals surface area contributed by atoms with Crippen LogP contribution in [0.4, 0.5) is 0 Å². The Balaban J connectivity index is 2.19. The van der Waals surface area contributed by atoms with E-state index in [9.17, 15) is 9.59 Å². The van der Waals surface area contributed by atoms with Gasteiger partial charge in [0.25, 0.3) is 0 Å². The highest BCUT2D eigenvalue weighted by Gasteiger charge is 2.42. The summed E-state index contributed by atoms with van der Waals surface area (Å²) < 4.78 is 0. The summed E-state index contributed by atoms with van der Waals surface area (Å²) in [6, 6.07) is -0.250. The Bertz CT molecular complexity index is 362. The van der Waals surface area contributed by atoms with Crippen LogP contribution in [-0.4, -0.2) is 34.8 Å². The van der Waals surface area contributed by atoms with Gasteiger partial charge in [0.2, 0.25) is 11.8 Å². The molecule has 2 unspecified atom stereocenters. The normalized spacial score (nSPS) is 28.4. The van der Waals surface area contributed by atoms with Crippen LogP contribution >= 0.6 is 0 Å². The summed E-state index contributed by atoms with van der Waals surface area (Å²) in [7, 11) is 0. The molecule has 0 bridgehead atoms. The molecule has 2 fully saturated rings. The fourth-order valence-electron chi connectivity index (χ4n) is 3.79. The van der Waals surface area contributed by atoms with Crippen LogP contribution in [0.2, 0.25) is 0 Å². The summed E-state index contributed by atoms with van der Waals surface area (Å²) in [4.78, 5) is 27.3. The Kier molecular flexibility index (Phi) is 6.07. The molecular formula is C17H30N2O2. The lowest BCUT2D eigenvalue weighted by Crippen LogP contribution is -2.65. The molecule has 2 atom stereocenters. The average Bonchev–Trinajstić information content (AvgIpc) is 2.74. The van der Waals surface area contributed by atoms with Gasteiger partial charge in [0.15, 0.2) is 0 Å². The quantitative estimate of drug-likeness (QED) is 0.792. The van der Waals surface area contributed by atoms with E-state index in [4.69, 9.17) is 0 Å². The summed E-state index contributed by atoms with van der Waals surface area (Å²) in [5.41, 5.74) is 0. The van der Waals surface area contributed by atoms with E-state index >= 15 is 0 Å². The van der Waals surface area contributed by atoms with Gasteiger partial charge in [-0.3, -0.25) is 9.59 Å². The summed E-state index contributed by atoms with van der Waals surface area (Å²) >= 11 is 0. The Hall–Kier alpha value is -1.06. The van der Waals surface area contributed by atoms with Gasteiger partial charge >= 0.3 is 0 Å². The molecule has 1 heterocycles. The minimum absolute atomic E-state index is 0.0687. The molecule has 1 saturated heterocycles. The van der Waals surface area contributed by atoms with Crippen molar-refractivity contribution in [3.63, 3.8) is 0 Å². The Morgan fingerprint density at radius 2 is 1.62 bits per heavy atom. The van der Waals surface area contributed by atoms with E-state index in [1.807, 2.05) is 4.90 Å². The Morgan fingerprint density at radius 1 is 1.00 bits per heavy atom. The second kappa shape index (κ2) is 7.81. The van der Waals surface area contributed by atoms with Crippen molar-refractivity contribution >= 4 is 11.8 Å². The molecule has 0 radical (unpaired) electrons. The van der Waals surface area contributed by atoms with Crippen molar-refractivity contribution in [2.45, 2.75) is 96.2 Å². The predicted octanol–water partition coefficient (Wildman–Crippen LogP) is 3.01. The van der Waals surface area contributed by atoms with E-state index in [0.717, 1.165) is 38.5 Å². The maximum Gasteiger partial charge on any atom is 0.246 e. The fraction of sp³-hybridized carbons (Fsp3) is 0.882. The van der Waals surface area contributed by atoms with Gasteiger partial charge in [-0.05, 0) is 25.7 Å². The first kappa shape index (κ1) is 16.3. The molecule has 1 saturated carbocycles. The van der Waals surface area contributed by atoms with E-state index in [1.54, 1.807) is 0 Å². The molecule has 2 rings (SSSR count). The van der Waals surface area contributed by atoms with Crippen molar-refractivity contribution in [2.75, 3.05) is 0 Å². The van der Waals surface area contributed by atoms with E-state index in [1.165, 1.54) is 25.7 Å². The highest BCUT2D eigenvalue weighted by atomic mass is 16.2. The summed E-state index contributed by atoms with van der Waals surface area (Å²) in [5, 5.41) is 2.96. The van der Waals surface area contributed by atoms with Crippen LogP contribution < -0.4 is 5.32 Å². The first-order valence-electron chi connectivity index (χ1n) is 8.81. The van der Waals surface area contributed by atoms with Crippen LogP contribution in [0.25, 0.3) is 0 Å². The molecule has 2 amide bonds. The van der Waals surface area contributed by atoms with Crippen LogP contribution in [0.15, 0.2) is 0 Å². The first-order chi connectivity index (χ1) is 10.2. The van der Waals surface area contributed by atoms with Crippen molar-refractivity contribution in [2.24, 2.45) is 0 Å². The van der Waals surface area contributed by atoms with Gasteiger partial charge in [-0.15, -0.1) is 0 Å². The third-order valence-corrected chi connectivity index (χ3v) is 4.87. The molecule has 1 N–H and O–H groups in total. The molecular weight excluding hydrogens is 264 g/mol. The first-order valence-corrected chi connectivity index (χ1v) is 8.81.